The average molecular weight is 423 g/mol. The number of nitrogens with one attached hydrogen (secondary N) is 2. The minimum absolute atomic E-state index is 0.253. The predicted molar refractivity (Wildman–Crippen MR) is 113 cm³/mol. The van der Waals surface area contributed by atoms with Crippen molar-refractivity contribution < 1.29 is 19.1 Å². The van der Waals surface area contributed by atoms with Gasteiger partial charge in [-0.3, -0.25) is 20.4 Å². The molecule has 0 saturated heterocycles. The van der Waals surface area contributed by atoms with Gasteiger partial charge in [0.2, 0.25) is 5.91 Å². The maximum absolute atomic E-state index is 12.4. The molecule has 0 radical (unpaired) electrons. The van der Waals surface area contributed by atoms with Crippen molar-refractivity contribution in [2.45, 2.75) is 12.5 Å². The summed E-state index contributed by atoms with van der Waals surface area (Å²) >= 11 is 5.85. The first-order valence-corrected chi connectivity index (χ1v) is 9.77. The van der Waals surface area contributed by atoms with E-state index in [-0.39, 0.29) is 12.5 Å². The van der Waals surface area contributed by atoms with Gasteiger partial charge in [-0.25, -0.2) is 0 Å². The zero-order valence-electron chi connectivity index (χ0n) is 15.9. The number of hydrogen-bond donors (Lipinski definition) is 2. The van der Waals surface area contributed by atoms with Gasteiger partial charge in [-0.05, 0) is 48.0 Å². The largest absolute Gasteiger partial charge is 0.492 e. The van der Waals surface area contributed by atoms with E-state index in [1.165, 1.54) is 0 Å². The second-order valence-electron chi connectivity index (χ2n) is 6.78. The summed E-state index contributed by atoms with van der Waals surface area (Å²) in [5.41, 5.74) is 7.07. The van der Waals surface area contributed by atoms with Crippen LogP contribution >= 0.6 is 11.6 Å². The number of carbonyl (C=O) groups excluding carboxylic acids is 2. The van der Waals surface area contributed by atoms with E-state index < -0.39 is 11.8 Å². The van der Waals surface area contributed by atoms with Gasteiger partial charge in [-0.1, -0.05) is 41.9 Å². The van der Waals surface area contributed by atoms with E-state index >= 15 is 0 Å². The molecule has 0 fully saturated rings. The Morgan fingerprint density at radius 2 is 1.70 bits per heavy atom. The lowest BCUT2D eigenvalue weighted by molar-refractivity contribution is -0.123. The average Bonchev–Trinajstić information content (AvgIpc) is 3.21. The maximum Gasteiger partial charge on any atom is 0.269 e. The van der Waals surface area contributed by atoms with Gasteiger partial charge in [0.25, 0.3) is 5.91 Å². The lowest BCUT2D eigenvalue weighted by Gasteiger charge is -2.12. The lowest BCUT2D eigenvalue weighted by atomic mass is 10.0. The molecule has 3 aromatic rings. The summed E-state index contributed by atoms with van der Waals surface area (Å²) in [4.78, 5) is 24.7. The molecule has 1 aliphatic rings. The van der Waals surface area contributed by atoms with Crippen molar-refractivity contribution in [3.05, 3.63) is 94.5 Å². The Labute approximate surface area is 178 Å². The first-order chi connectivity index (χ1) is 14.6. The molecule has 0 saturated carbocycles. The minimum atomic E-state index is -0.450. The number of para-hydroxylation sites is 1. The van der Waals surface area contributed by atoms with Crippen LogP contribution in [0.2, 0.25) is 5.02 Å². The van der Waals surface area contributed by atoms with E-state index in [1.807, 2.05) is 24.3 Å². The lowest BCUT2D eigenvalue weighted by Crippen LogP contribution is -2.44. The maximum atomic E-state index is 12.4. The molecule has 0 aromatic heterocycles. The number of hydrazine groups is 1. The van der Waals surface area contributed by atoms with Crippen molar-refractivity contribution in [3.8, 4) is 11.5 Å². The van der Waals surface area contributed by atoms with E-state index in [9.17, 15) is 9.59 Å². The normalized spacial score (nSPS) is 14.4. The molecule has 1 heterocycles. The minimum Gasteiger partial charge on any atom is -0.492 e. The molecule has 6 nitrogen and oxygen atoms in total. The summed E-state index contributed by atoms with van der Waals surface area (Å²) in [5.74, 6) is 0.234. The first-order valence-electron chi connectivity index (χ1n) is 9.39. The molecule has 30 heavy (non-hydrogen) atoms. The zero-order valence-corrected chi connectivity index (χ0v) is 16.7. The monoisotopic (exact) mass is 422 g/mol. The Bertz CT molecular complexity index is 1050. The van der Waals surface area contributed by atoms with E-state index in [4.69, 9.17) is 21.1 Å². The Hall–Kier alpha value is -3.51. The fraction of sp³-hybridized carbons (Fsp3) is 0.130. The Morgan fingerprint density at radius 3 is 2.47 bits per heavy atom. The van der Waals surface area contributed by atoms with Crippen LogP contribution in [-0.2, 0) is 11.4 Å². The van der Waals surface area contributed by atoms with Gasteiger partial charge in [0.05, 0.1) is 0 Å². The van der Waals surface area contributed by atoms with Crippen LogP contribution in [0, 0.1) is 0 Å². The van der Waals surface area contributed by atoms with Gasteiger partial charge in [0, 0.05) is 16.1 Å². The highest BCUT2D eigenvalue weighted by Gasteiger charge is 2.30. The third kappa shape index (κ3) is 4.55. The van der Waals surface area contributed by atoms with E-state index in [1.54, 1.807) is 48.5 Å². The molecular formula is C23H19ClN2O4. The Balaban J connectivity index is 1.28. The molecule has 0 bridgehead atoms. The topological polar surface area (TPSA) is 76.7 Å². The van der Waals surface area contributed by atoms with Crippen molar-refractivity contribution in [2.24, 2.45) is 0 Å². The number of benzene rings is 3. The second-order valence-corrected chi connectivity index (χ2v) is 7.22. The van der Waals surface area contributed by atoms with Gasteiger partial charge in [-0.2, -0.15) is 0 Å². The van der Waals surface area contributed by atoms with Gasteiger partial charge >= 0.3 is 0 Å². The summed E-state index contributed by atoms with van der Waals surface area (Å²) in [6.45, 7) is 0.616. The summed E-state index contributed by atoms with van der Waals surface area (Å²) in [6.07, 6.45) is 0. The first kappa shape index (κ1) is 19.8. The molecule has 1 aliphatic heterocycles. The fourth-order valence-corrected chi connectivity index (χ4v) is 3.23. The molecule has 2 N–H and O–H groups in total. The smallest absolute Gasteiger partial charge is 0.269 e. The number of fused-ring (bicyclic) bond motifs is 1. The van der Waals surface area contributed by atoms with Crippen LogP contribution in [-0.4, -0.2) is 18.4 Å². The molecule has 3 aromatic carbocycles. The van der Waals surface area contributed by atoms with Crippen LogP contribution < -0.4 is 20.3 Å². The zero-order chi connectivity index (χ0) is 20.9. The van der Waals surface area contributed by atoms with Gasteiger partial charge in [0.1, 0.15) is 30.6 Å². The van der Waals surface area contributed by atoms with Gasteiger partial charge in [-0.15, -0.1) is 0 Å². The molecule has 152 valence electrons. The number of halogens is 1. The highest BCUT2D eigenvalue weighted by Crippen LogP contribution is 2.33. The van der Waals surface area contributed by atoms with Crippen LogP contribution in [0.5, 0.6) is 11.5 Å². The molecule has 2 amide bonds. The van der Waals surface area contributed by atoms with E-state index in [0.717, 1.165) is 11.1 Å². The van der Waals surface area contributed by atoms with Crippen molar-refractivity contribution in [3.63, 3.8) is 0 Å². The molecular weight excluding hydrogens is 404 g/mol. The molecule has 0 aliphatic carbocycles. The second kappa shape index (κ2) is 8.88. The summed E-state index contributed by atoms with van der Waals surface area (Å²) < 4.78 is 11.2. The Morgan fingerprint density at radius 1 is 0.967 bits per heavy atom. The van der Waals surface area contributed by atoms with Crippen molar-refractivity contribution >= 4 is 23.4 Å². The third-order valence-electron chi connectivity index (χ3n) is 4.75. The van der Waals surface area contributed by atoms with Gasteiger partial charge in [0.15, 0.2) is 0 Å². The summed E-state index contributed by atoms with van der Waals surface area (Å²) in [7, 11) is 0. The third-order valence-corrected chi connectivity index (χ3v) is 5.00. The Kier molecular flexibility index (Phi) is 5.86. The number of ether oxygens (including phenoxy) is 2. The molecule has 1 unspecified atom stereocenters. The highest BCUT2D eigenvalue weighted by molar-refractivity contribution is 6.30. The van der Waals surface area contributed by atoms with Crippen molar-refractivity contribution in [2.75, 3.05) is 6.61 Å². The van der Waals surface area contributed by atoms with Crippen LogP contribution in [0.25, 0.3) is 0 Å². The van der Waals surface area contributed by atoms with Crippen LogP contribution in [0.3, 0.4) is 0 Å². The van der Waals surface area contributed by atoms with Crippen LogP contribution in [0.4, 0.5) is 0 Å². The highest BCUT2D eigenvalue weighted by atomic mass is 35.5. The quantitative estimate of drug-likeness (QED) is 0.612. The van der Waals surface area contributed by atoms with Crippen molar-refractivity contribution in [1.82, 2.24) is 10.9 Å². The molecule has 0 spiro atoms. The fourth-order valence-electron chi connectivity index (χ4n) is 3.11. The summed E-state index contributed by atoms with van der Waals surface area (Å²) in [5, 5.41) is 0.648. The number of rotatable bonds is 5. The summed E-state index contributed by atoms with van der Waals surface area (Å²) in [6, 6.07) is 21.4. The predicted octanol–water partition coefficient (Wildman–Crippen LogP) is 3.86. The van der Waals surface area contributed by atoms with Crippen molar-refractivity contribution in [1.29, 1.82) is 0 Å². The van der Waals surface area contributed by atoms with E-state index in [0.29, 0.717) is 28.7 Å². The van der Waals surface area contributed by atoms with Crippen LogP contribution in [0.15, 0.2) is 72.8 Å². The molecule has 1 atom stereocenters. The van der Waals surface area contributed by atoms with Crippen LogP contribution in [0.1, 0.15) is 27.4 Å². The number of carbonyl (C=O) groups is 2. The number of hydrogen-bond acceptors (Lipinski definition) is 4. The SMILES string of the molecule is O=C(NNC(=O)C1COc2ccccc21)c1ccc(COc2ccc(Cl)cc2)cc1. The molecule has 4 rings (SSSR count). The van der Waals surface area contributed by atoms with E-state index in [2.05, 4.69) is 10.9 Å². The molecule has 7 heteroatoms. The van der Waals surface area contributed by atoms with Gasteiger partial charge < -0.3 is 9.47 Å². The number of amides is 2. The standard InChI is InChI=1S/C23H19ClN2O4/c24-17-9-11-18(12-10-17)29-13-15-5-7-16(8-6-15)22(27)25-26-23(28)20-14-30-21-4-2-1-3-19(20)21/h1-12,20H,13-14H2,(H,25,27)(H,26,28).